The first-order valence-corrected chi connectivity index (χ1v) is 8.23. The number of aromatic amines is 1. The number of nitrogens with one attached hydrogen (secondary N) is 2. The summed E-state index contributed by atoms with van der Waals surface area (Å²) in [6.45, 7) is 0.315. The van der Waals surface area contributed by atoms with Crippen molar-refractivity contribution in [1.82, 2.24) is 15.2 Å². The van der Waals surface area contributed by atoms with Crippen molar-refractivity contribution in [3.63, 3.8) is 0 Å². The third-order valence-electron chi connectivity index (χ3n) is 3.23. The molecular weight excluding hydrogens is 377 g/mol. The number of hydrogen-bond donors (Lipinski definition) is 2. The van der Waals surface area contributed by atoms with Crippen LogP contribution >= 0.6 is 23.2 Å². The number of hydrogen-bond acceptors (Lipinski definition) is 6. The quantitative estimate of drug-likeness (QED) is 0.497. The maximum atomic E-state index is 11.1. The van der Waals surface area contributed by atoms with Crippen LogP contribution in [0.25, 0.3) is 0 Å². The number of halogens is 2. The minimum absolute atomic E-state index is 0.151. The van der Waals surface area contributed by atoms with Gasteiger partial charge in [-0.25, -0.2) is 5.43 Å². The molecule has 26 heavy (non-hydrogen) atoms. The lowest BCUT2D eigenvalue weighted by Gasteiger charge is -2.08. The van der Waals surface area contributed by atoms with Crippen LogP contribution in [0.15, 0.2) is 58.6 Å². The molecule has 0 unspecified atom stereocenters. The molecule has 0 fully saturated rings. The monoisotopic (exact) mass is 389 g/mol. The van der Waals surface area contributed by atoms with Crippen LogP contribution < -0.4 is 15.7 Å². The van der Waals surface area contributed by atoms with E-state index >= 15 is 0 Å². The second kappa shape index (κ2) is 8.46. The van der Waals surface area contributed by atoms with E-state index < -0.39 is 0 Å². The lowest BCUT2D eigenvalue weighted by atomic mass is 10.2. The van der Waals surface area contributed by atoms with E-state index in [1.54, 1.807) is 18.3 Å². The van der Waals surface area contributed by atoms with Gasteiger partial charge in [-0.2, -0.15) is 5.10 Å². The van der Waals surface area contributed by atoms with Crippen LogP contribution in [0.2, 0.25) is 10.0 Å². The lowest BCUT2D eigenvalue weighted by molar-refractivity contribution is 0.306. The molecule has 0 amide bonds. The van der Waals surface area contributed by atoms with Crippen molar-refractivity contribution in [2.75, 3.05) is 5.43 Å². The smallest absolute Gasteiger partial charge is 0.271 e. The normalized spacial score (nSPS) is 10.8. The summed E-state index contributed by atoms with van der Waals surface area (Å²) in [7, 11) is 0. The van der Waals surface area contributed by atoms with Gasteiger partial charge < -0.3 is 4.74 Å². The van der Waals surface area contributed by atoms with Crippen LogP contribution in [0.4, 0.5) is 5.95 Å². The Morgan fingerprint density at radius 1 is 1.23 bits per heavy atom. The maximum absolute atomic E-state index is 11.1. The predicted molar refractivity (Wildman–Crippen MR) is 101 cm³/mol. The van der Waals surface area contributed by atoms with Gasteiger partial charge in [-0.1, -0.05) is 41.4 Å². The van der Waals surface area contributed by atoms with Crippen LogP contribution in [0.3, 0.4) is 0 Å². The number of ether oxygens (including phenoxy) is 1. The van der Waals surface area contributed by atoms with Crippen LogP contribution in [0.5, 0.6) is 5.75 Å². The molecule has 1 aromatic heterocycles. The van der Waals surface area contributed by atoms with Gasteiger partial charge in [-0.15, -0.1) is 10.2 Å². The van der Waals surface area contributed by atoms with E-state index in [2.05, 4.69) is 25.7 Å². The maximum Gasteiger partial charge on any atom is 0.271 e. The average molecular weight is 390 g/mol. The highest BCUT2D eigenvalue weighted by Crippen LogP contribution is 2.23. The zero-order valence-corrected chi connectivity index (χ0v) is 14.8. The molecule has 0 spiro atoms. The summed E-state index contributed by atoms with van der Waals surface area (Å²) in [4.78, 5) is 13.6. The fourth-order valence-corrected chi connectivity index (χ4v) is 2.48. The van der Waals surface area contributed by atoms with Crippen molar-refractivity contribution in [2.45, 2.75) is 6.61 Å². The Morgan fingerprint density at radius 3 is 2.92 bits per heavy atom. The molecule has 2 N–H and O–H groups in total. The topological polar surface area (TPSA) is 92.3 Å². The Balaban J connectivity index is 1.62. The number of aromatic nitrogens is 3. The third kappa shape index (κ3) is 5.05. The van der Waals surface area contributed by atoms with Gasteiger partial charge in [0.2, 0.25) is 5.95 Å². The fraction of sp³-hybridized carbons (Fsp3) is 0.0588. The molecule has 0 aliphatic carbocycles. The van der Waals surface area contributed by atoms with Crippen LogP contribution in [-0.2, 0) is 6.61 Å². The highest BCUT2D eigenvalue weighted by molar-refractivity contribution is 6.35. The van der Waals surface area contributed by atoms with E-state index in [9.17, 15) is 4.79 Å². The third-order valence-corrected chi connectivity index (χ3v) is 3.81. The average Bonchev–Trinajstić information content (AvgIpc) is 2.61. The molecule has 3 rings (SSSR count). The molecule has 2 aromatic carbocycles. The van der Waals surface area contributed by atoms with Crippen molar-refractivity contribution in [3.8, 4) is 5.75 Å². The summed E-state index contributed by atoms with van der Waals surface area (Å²) in [5.41, 5.74) is 3.86. The summed E-state index contributed by atoms with van der Waals surface area (Å²) in [5, 5.41) is 12.3. The van der Waals surface area contributed by atoms with Gasteiger partial charge >= 0.3 is 0 Å². The van der Waals surface area contributed by atoms with Crippen LogP contribution in [0.1, 0.15) is 11.1 Å². The Morgan fingerprint density at radius 2 is 2.12 bits per heavy atom. The summed E-state index contributed by atoms with van der Waals surface area (Å²) >= 11 is 12.0. The summed E-state index contributed by atoms with van der Waals surface area (Å²) in [5.74, 6) is 0.811. The first-order valence-electron chi connectivity index (χ1n) is 7.48. The molecule has 0 saturated heterocycles. The lowest BCUT2D eigenvalue weighted by Crippen LogP contribution is -2.10. The number of benzene rings is 2. The molecule has 132 valence electrons. The van der Waals surface area contributed by atoms with Gasteiger partial charge in [0.1, 0.15) is 18.6 Å². The van der Waals surface area contributed by atoms with E-state index in [4.69, 9.17) is 27.9 Å². The SMILES string of the molecule is O=c1cnnc(N/N=C/c2cccc(OCc3ccc(Cl)cc3Cl)c2)[nH]1. The minimum atomic E-state index is -0.367. The molecule has 1 heterocycles. The van der Waals surface area contributed by atoms with Crippen LogP contribution in [0, 0.1) is 0 Å². The number of rotatable bonds is 6. The molecule has 0 saturated carbocycles. The van der Waals surface area contributed by atoms with E-state index in [1.165, 1.54) is 0 Å². The minimum Gasteiger partial charge on any atom is -0.489 e. The molecule has 0 bridgehead atoms. The van der Waals surface area contributed by atoms with E-state index in [1.807, 2.05) is 30.3 Å². The second-order valence-corrected chi connectivity index (χ2v) is 5.99. The van der Waals surface area contributed by atoms with Gasteiger partial charge in [0.25, 0.3) is 5.56 Å². The van der Waals surface area contributed by atoms with Gasteiger partial charge in [-0.05, 0) is 29.8 Å². The van der Waals surface area contributed by atoms with E-state index in [-0.39, 0.29) is 11.5 Å². The van der Waals surface area contributed by atoms with E-state index in [0.29, 0.717) is 22.4 Å². The number of H-pyrrole nitrogens is 1. The van der Waals surface area contributed by atoms with Crippen molar-refractivity contribution in [3.05, 3.63) is 80.2 Å². The number of nitrogens with zero attached hydrogens (tertiary/aromatic N) is 3. The van der Waals surface area contributed by atoms with E-state index in [0.717, 1.165) is 17.3 Å². The summed E-state index contributed by atoms with van der Waals surface area (Å²) < 4.78 is 5.75. The first kappa shape index (κ1) is 17.9. The van der Waals surface area contributed by atoms with Crippen LogP contribution in [-0.4, -0.2) is 21.4 Å². The molecule has 3 aromatic rings. The standard InChI is InChI=1S/C17H13Cl2N5O2/c18-13-5-4-12(15(19)7-13)10-26-14-3-1-2-11(6-14)8-20-23-17-22-16(25)9-21-24-17/h1-9H,10H2,(H2,22,23,24,25)/b20-8+. The predicted octanol–water partition coefficient (Wildman–Crippen LogP) is 3.50. The van der Waals surface area contributed by atoms with Crippen molar-refractivity contribution in [1.29, 1.82) is 0 Å². The molecule has 7 nitrogen and oxygen atoms in total. The largest absolute Gasteiger partial charge is 0.489 e. The molecule has 0 radical (unpaired) electrons. The Hall–Kier alpha value is -2.90. The molecule has 9 heteroatoms. The van der Waals surface area contributed by atoms with Gasteiger partial charge in [-0.3, -0.25) is 9.78 Å². The van der Waals surface area contributed by atoms with Gasteiger partial charge in [0.15, 0.2) is 0 Å². The highest BCUT2D eigenvalue weighted by Gasteiger charge is 2.03. The van der Waals surface area contributed by atoms with Gasteiger partial charge in [0.05, 0.1) is 6.21 Å². The summed E-state index contributed by atoms with van der Waals surface area (Å²) in [6, 6.07) is 12.6. The summed E-state index contributed by atoms with van der Waals surface area (Å²) in [6.07, 6.45) is 2.64. The second-order valence-electron chi connectivity index (χ2n) is 5.15. The Kier molecular flexibility index (Phi) is 5.83. The zero-order chi connectivity index (χ0) is 18.4. The molecular formula is C17H13Cl2N5O2. The highest BCUT2D eigenvalue weighted by atomic mass is 35.5. The Bertz CT molecular complexity index is 991. The zero-order valence-electron chi connectivity index (χ0n) is 13.3. The van der Waals surface area contributed by atoms with Gasteiger partial charge in [0, 0.05) is 15.6 Å². The molecule has 0 atom stereocenters. The first-order chi connectivity index (χ1) is 12.6. The fourth-order valence-electron chi connectivity index (χ4n) is 2.02. The molecule has 0 aliphatic heterocycles. The van der Waals surface area contributed by atoms with Crippen molar-refractivity contribution in [2.24, 2.45) is 5.10 Å². The number of anilines is 1. The number of hydrazone groups is 1. The Labute approximate surface area is 158 Å². The van der Waals surface area contributed by atoms with Crippen molar-refractivity contribution >= 4 is 35.4 Å². The molecule has 0 aliphatic rings. The van der Waals surface area contributed by atoms with Crippen molar-refractivity contribution < 1.29 is 4.74 Å².